The van der Waals surface area contributed by atoms with E-state index in [9.17, 15) is 5.11 Å². The molecule has 4 unspecified atom stereocenters. The van der Waals surface area contributed by atoms with Crippen LogP contribution >= 0.6 is 0 Å². The van der Waals surface area contributed by atoms with Crippen LogP contribution in [0.4, 0.5) is 0 Å². The third kappa shape index (κ3) is 3.86. The van der Waals surface area contributed by atoms with Crippen LogP contribution in [0.25, 0.3) is 0 Å². The summed E-state index contributed by atoms with van der Waals surface area (Å²) in [6.45, 7) is 6.10. The van der Waals surface area contributed by atoms with E-state index in [0.717, 1.165) is 19.3 Å². The minimum atomic E-state index is -0.732. The molecule has 0 amide bonds. The lowest BCUT2D eigenvalue weighted by Gasteiger charge is -2.49. The van der Waals surface area contributed by atoms with Crippen molar-refractivity contribution in [1.82, 2.24) is 5.32 Å². The normalized spacial score (nSPS) is 29.3. The molecule has 25 heavy (non-hydrogen) atoms. The van der Waals surface area contributed by atoms with E-state index in [1.54, 1.807) is 0 Å². The molecule has 0 radical (unpaired) electrons. The molecule has 1 aliphatic heterocycles. The van der Waals surface area contributed by atoms with Crippen molar-refractivity contribution in [3.63, 3.8) is 0 Å². The van der Waals surface area contributed by atoms with Crippen molar-refractivity contribution in [3.05, 3.63) is 84.4 Å². The number of benzene rings is 2. The number of hydrogen-bond acceptors (Lipinski definition) is 2. The Morgan fingerprint density at radius 3 is 2.24 bits per heavy atom. The van der Waals surface area contributed by atoms with Crippen LogP contribution in [0.1, 0.15) is 55.8 Å². The zero-order valence-electron chi connectivity index (χ0n) is 15.1. The van der Waals surface area contributed by atoms with Crippen molar-refractivity contribution in [2.24, 2.45) is 5.92 Å². The van der Waals surface area contributed by atoms with Crippen LogP contribution in [0.15, 0.2) is 73.3 Å². The average molecular weight is 335 g/mol. The van der Waals surface area contributed by atoms with E-state index in [0.29, 0.717) is 6.42 Å². The Hall–Kier alpha value is -1.90. The third-order valence-electron chi connectivity index (χ3n) is 5.49. The first-order valence-corrected chi connectivity index (χ1v) is 9.37. The van der Waals surface area contributed by atoms with E-state index in [1.165, 1.54) is 11.1 Å². The molecular weight excluding hydrogens is 306 g/mol. The maximum absolute atomic E-state index is 11.6. The highest BCUT2D eigenvalue weighted by Crippen LogP contribution is 2.46. The number of nitrogens with one attached hydrogen (secondary N) is 1. The number of aliphatic hydroxyl groups is 1. The van der Waals surface area contributed by atoms with Crippen LogP contribution in [0.3, 0.4) is 0 Å². The summed E-state index contributed by atoms with van der Waals surface area (Å²) in [6, 6.07) is 21.3. The zero-order valence-corrected chi connectivity index (χ0v) is 15.1. The molecule has 3 rings (SSSR count). The second kappa shape index (κ2) is 7.99. The van der Waals surface area contributed by atoms with Crippen molar-refractivity contribution >= 4 is 0 Å². The lowest BCUT2D eigenvalue weighted by molar-refractivity contribution is -0.0760. The van der Waals surface area contributed by atoms with Gasteiger partial charge in [0.2, 0.25) is 0 Å². The number of hydrogen-bond donors (Lipinski definition) is 2. The quantitative estimate of drug-likeness (QED) is 0.712. The van der Waals surface area contributed by atoms with E-state index in [1.807, 2.05) is 18.2 Å². The molecular formula is C23H29NO. The summed E-state index contributed by atoms with van der Waals surface area (Å²) < 4.78 is 0. The molecule has 1 saturated heterocycles. The van der Waals surface area contributed by atoms with E-state index < -0.39 is 5.60 Å². The summed E-state index contributed by atoms with van der Waals surface area (Å²) in [6.07, 6.45) is 5.28. The maximum Gasteiger partial charge on any atom is 0.0746 e. The number of rotatable bonds is 6. The van der Waals surface area contributed by atoms with E-state index in [4.69, 9.17) is 0 Å². The fraction of sp³-hybridized carbons (Fsp3) is 0.391. The van der Waals surface area contributed by atoms with Crippen molar-refractivity contribution in [1.29, 1.82) is 0 Å². The zero-order chi connectivity index (χ0) is 17.7. The molecule has 0 spiro atoms. The molecule has 2 aromatic rings. The van der Waals surface area contributed by atoms with Gasteiger partial charge in [-0.2, -0.15) is 0 Å². The Labute approximate surface area is 151 Å². The Kier molecular flexibility index (Phi) is 5.72. The van der Waals surface area contributed by atoms with Gasteiger partial charge in [0.05, 0.1) is 5.60 Å². The Morgan fingerprint density at radius 1 is 1.08 bits per heavy atom. The highest BCUT2D eigenvalue weighted by atomic mass is 16.3. The first kappa shape index (κ1) is 17.9. The molecule has 2 nitrogen and oxygen atoms in total. The highest BCUT2D eigenvalue weighted by molar-refractivity contribution is 5.27. The van der Waals surface area contributed by atoms with Gasteiger partial charge in [-0.3, -0.25) is 0 Å². The minimum absolute atomic E-state index is 0.143. The predicted molar refractivity (Wildman–Crippen MR) is 104 cm³/mol. The lowest BCUT2D eigenvalue weighted by atomic mass is 9.68. The third-order valence-corrected chi connectivity index (χ3v) is 5.49. The molecule has 132 valence electrons. The summed E-state index contributed by atoms with van der Waals surface area (Å²) >= 11 is 0. The van der Waals surface area contributed by atoms with Gasteiger partial charge >= 0.3 is 0 Å². The molecule has 0 bridgehead atoms. The lowest BCUT2D eigenvalue weighted by Crippen LogP contribution is -2.53. The van der Waals surface area contributed by atoms with Crippen LogP contribution in [0.2, 0.25) is 0 Å². The fourth-order valence-electron chi connectivity index (χ4n) is 4.33. The van der Waals surface area contributed by atoms with Gasteiger partial charge < -0.3 is 10.4 Å². The Morgan fingerprint density at radius 2 is 1.68 bits per heavy atom. The van der Waals surface area contributed by atoms with Gasteiger partial charge in [-0.05, 0) is 30.4 Å². The summed E-state index contributed by atoms with van der Waals surface area (Å²) in [5, 5.41) is 15.5. The van der Waals surface area contributed by atoms with E-state index in [2.05, 4.69) is 67.4 Å². The summed E-state index contributed by atoms with van der Waals surface area (Å²) in [5.41, 5.74) is 1.76. The summed E-state index contributed by atoms with van der Waals surface area (Å²) in [7, 11) is 0. The van der Waals surface area contributed by atoms with Gasteiger partial charge in [-0.25, -0.2) is 0 Å². The second-order valence-corrected chi connectivity index (χ2v) is 7.21. The van der Waals surface area contributed by atoms with E-state index >= 15 is 0 Å². The van der Waals surface area contributed by atoms with Crippen LogP contribution < -0.4 is 5.32 Å². The molecule has 0 saturated carbocycles. The Bertz CT molecular complexity index is 669. The smallest absolute Gasteiger partial charge is 0.0746 e. The maximum atomic E-state index is 11.6. The molecule has 1 aliphatic rings. The van der Waals surface area contributed by atoms with Crippen LogP contribution in [-0.4, -0.2) is 10.7 Å². The SMILES string of the molecule is C=CCC1(O)CC(c2ccccc2)NC(c2ccccc2)C1CCC. The van der Waals surface area contributed by atoms with Crippen LogP contribution in [0.5, 0.6) is 0 Å². The van der Waals surface area contributed by atoms with Crippen LogP contribution in [-0.2, 0) is 0 Å². The average Bonchev–Trinajstić information content (AvgIpc) is 2.65. The van der Waals surface area contributed by atoms with Gasteiger partial charge in [-0.15, -0.1) is 6.58 Å². The summed E-state index contributed by atoms with van der Waals surface area (Å²) in [5.74, 6) is 0.179. The highest BCUT2D eigenvalue weighted by Gasteiger charge is 2.46. The van der Waals surface area contributed by atoms with Gasteiger partial charge in [-0.1, -0.05) is 80.1 Å². The predicted octanol–water partition coefficient (Wildman–Crippen LogP) is 5.19. The van der Waals surface area contributed by atoms with E-state index in [-0.39, 0.29) is 18.0 Å². The topological polar surface area (TPSA) is 32.3 Å². The first-order chi connectivity index (χ1) is 12.2. The van der Waals surface area contributed by atoms with Gasteiger partial charge in [0, 0.05) is 18.0 Å². The van der Waals surface area contributed by atoms with Crippen molar-refractivity contribution in [2.45, 2.75) is 50.3 Å². The minimum Gasteiger partial charge on any atom is -0.389 e. The first-order valence-electron chi connectivity index (χ1n) is 9.37. The monoisotopic (exact) mass is 335 g/mol. The van der Waals surface area contributed by atoms with Crippen molar-refractivity contribution < 1.29 is 5.11 Å². The van der Waals surface area contributed by atoms with Crippen molar-refractivity contribution in [3.8, 4) is 0 Å². The molecule has 2 heteroatoms. The molecule has 0 aromatic heterocycles. The molecule has 1 fully saturated rings. The van der Waals surface area contributed by atoms with Gasteiger partial charge in [0.1, 0.15) is 0 Å². The fourth-order valence-corrected chi connectivity index (χ4v) is 4.33. The van der Waals surface area contributed by atoms with Gasteiger partial charge in [0.15, 0.2) is 0 Å². The van der Waals surface area contributed by atoms with Crippen molar-refractivity contribution in [2.75, 3.05) is 0 Å². The molecule has 2 aromatic carbocycles. The summed E-state index contributed by atoms with van der Waals surface area (Å²) in [4.78, 5) is 0. The Balaban J connectivity index is 2.00. The number of piperidine rings is 1. The van der Waals surface area contributed by atoms with Gasteiger partial charge in [0.25, 0.3) is 0 Å². The second-order valence-electron chi connectivity index (χ2n) is 7.21. The largest absolute Gasteiger partial charge is 0.389 e. The molecule has 0 aliphatic carbocycles. The van der Waals surface area contributed by atoms with Crippen LogP contribution in [0, 0.1) is 5.92 Å². The molecule has 4 atom stereocenters. The molecule has 2 N–H and O–H groups in total. The standard InChI is InChI=1S/C23H29NO/c1-3-11-20-22(19-14-9-6-10-15-19)24-21(17-23(20,25)16-4-2)18-12-7-5-8-13-18/h4-10,12-15,20-22,24-25H,2-3,11,16-17H2,1H3. The molecule has 1 heterocycles.